The van der Waals surface area contributed by atoms with E-state index in [0.717, 1.165) is 11.4 Å². The van der Waals surface area contributed by atoms with Crippen molar-refractivity contribution in [3.05, 3.63) is 83.2 Å². The highest BCUT2D eigenvalue weighted by Crippen LogP contribution is 2.44. The molecule has 5 rings (SSSR count). The molecule has 0 atom stereocenters. The van der Waals surface area contributed by atoms with Crippen LogP contribution in [0.15, 0.2) is 77.1 Å². The van der Waals surface area contributed by atoms with Crippen molar-refractivity contribution in [2.24, 2.45) is 4.99 Å². The third-order valence-corrected chi connectivity index (χ3v) is 5.02. The first kappa shape index (κ1) is 14.2. The number of fused-ring (bicyclic) bond motifs is 4. The number of ether oxygens (including phenoxy) is 1. The molecule has 0 radical (unpaired) electrons. The molecule has 2 aromatic carbocycles. The van der Waals surface area contributed by atoms with Crippen LogP contribution in [0.2, 0.25) is 0 Å². The van der Waals surface area contributed by atoms with Crippen molar-refractivity contribution in [1.29, 1.82) is 0 Å². The SMILES string of the molecule is O=C(OCC1c2ccccc2-c2ccccc21)N1CC=C2N=CC=C21. The summed E-state index contributed by atoms with van der Waals surface area (Å²) in [6.45, 7) is 0.863. The second-order valence-electron chi connectivity index (χ2n) is 6.33. The lowest BCUT2D eigenvalue weighted by Gasteiger charge is -2.20. The quantitative estimate of drug-likeness (QED) is 0.833. The van der Waals surface area contributed by atoms with E-state index in [1.54, 1.807) is 11.1 Å². The third-order valence-electron chi connectivity index (χ3n) is 5.02. The number of hydrogen-bond donors (Lipinski definition) is 0. The lowest BCUT2D eigenvalue weighted by atomic mass is 9.98. The molecule has 0 fully saturated rings. The normalized spacial score (nSPS) is 17.0. The molecule has 0 spiro atoms. The standard InChI is InChI=1S/C21H16N2O2/c24-21(23-12-10-19-20(23)9-11-22-19)25-13-18-16-7-3-1-5-14(16)15-6-2-4-8-17(15)18/h1-11,18H,12-13H2. The van der Waals surface area contributed by atoms with Crippen LogP contribution in [0.4, 0.5) is 4.79 Å². The van der Waals surface area contributed by atoms with Gasteiger partial charge in [-0.1, -0.05) is 48.5 Å². The summed E-state index contributed by atoms with van der Waals surface area (Å²) in [4.78, 5) is 18.4. The van der Waals surface area contributed by atoms with Crippen molar-refractivity contribution in [1.82, 2.24) is 4.90 Å². The van der Waals surface area contributed by atoms with Crippen molar-refractivity contribution < 1.29 is 9.53 Å². The summed E-state index contributed by atoms with van der Waals surface area (Å²) >= 11 is 0. The van der Waals surface area contributed by atoms with Crippen LogP contribution in [-0.4, -0.2) is 30.4 Å². The van der Waals surface area contributed by atoms with E-state index in [1.165, 1.54) is 22.3 Å². The minimum Gasteiger partial charge on any atom is -0.448 e. The van der Waals surface area contributed by atoms with Gasteiger partial charge < -0.3 is 4.74 Å². The van der Waals surface area contributed by atoms with Crippen LogP contribution >= 0.6 is 0 Å². The largest absolute Gasteiger partial charge is 0.448 e. The van der Waals surface area contributed by atoms with Crippen LogP contribution in [0.3, 0.4) is 0 Å². The molecule has 2 aromatic rings. The van der Waals surface area contributed by atoms with Crippen LogP contribution in [0.25, 0.3) is 11.1 Å². The molecule has 1 amide bonds. The Morgan fingerprint density at radius 3 is 2.48 bits per heavy atom. The van der Waals surface area contributed by atoms with Gasteiger partial charge in [-0.25, -0.2) is 4.79 Å². The molecule has 2 aliphatic heterocycles. The van der Waals surface area contributed by atoms with E-state index >= 15 is 0 Å². The van der Waals surface area contributed by atoms with E-state index in [2.05, 4.69) is 29.3 Å². The predicted octanol–water partition coefficient (Wildman–Crippen LogP) is 4.10. The average molecular weight is 328 g/mol. The van der Waals surface area contributed by atoms with Gasteiger partial charge in [0.2, 0.25) is 0 Å². The molecule has 0 bridgehead atoms. The van der Waals surface area contributed by atoms with E-state index < -0.39 is 0 Å². The van der Waals surface area contributed by atoms with Gasteiger partial charge in [0.1, 0.15) is 6.61 Å². The molecule has 3 aliphatic rings. The Kier molecular flexibility index (Phi) is 3.10. The number of carbonyl (C=O) groups excluding carboxylic acids is 1. The summed E-state index contributed by atoms with van der Waals surface area (Å²) < 4.78 is 5.69. The molecular formula is C21H16N2O2. The number of hydrogen-bond acceptors (Lipinski definition) is 3. The maximum Gasteiger partial charge on any atom is 0.414 e. The van der Waals surface area contributed by atoms with Crippen LogP contribution in [0.1, 0.15) is 17.0 Å². The molecule has 1 aliphatic carbocycles. The van der Waals surface area contributed by atoms with E-state index in [9.17, 15) is 4.79 Å². The third kappa shape index (κ3) is 2.14. The summed E-state index contributed by atoms with van der Waals surface area (Å²) in [5, 5.41) is 0. The Morgan fingerprint density at radius 2 is 1.76 bits per heavy atom. The molecule has 25 heavy (non-hydrogen) atoms. The minimum atomic E-state index is -0.315. The van der Waals surface area contributed by atoms with Crippen molar-refractivity contribution in [2.45, 2.75) is 5.92 Å². The van der Waals surface area contributed by atoms with Gasteiger partial charge in [0, 0.05) is 18.7 Å². The first-order valence-electron chi connectivity index (χ1n) is 8.40. The fourth-order valence-electron chi connectivity index (χ4n) is 3.85. The van der Waals surface area contributed by atoms with Gasteiger partial charge in [0.05, 0.1) is 11.4 Å². The van der Waals surface area contributed by atoms with Gasteiger partial charge in [-0.3, -0.25) is 9.89 Å². The Labute approximate surface area is 145 Å². The molecule has 2 heterocycles. The Balaban J connectivity index is 1.37. The monoisotopic (exact) mass is 328 g/mol. The summed E-state index contributed by atoms with van der Waals surface area (Å²) in [5.41, 5.74) is 6.60. The maximum atomic E-state index is 12.5. The Hall–Kier alpha value is -3.14. The highest BCUT2D eigenvalue weighted by atomic mass is 16.6. The highest BCUT2D eigenvalue weighted by molar-refractivity contribution is 5.84. The zero-order valence-corrected chi connectivity index (χ0v) is 13.6. The lowest BCUT2D eigenvalue weighted by molar-refractivity contribution is 0.116. The highest BCUT2D eigenvalue weighted by Gasteiger charge is 2.32. The molecule has 122 valence electrons. The molecule has 0 N–H and O–H groups in total. The van der Waals surface area contributed by atoms with Crippen molar-refractivity contribution in [3.8, 4) is 11.1 Å². The van der Waals surface area contributed by atoms with Gasteiger partial charge in [0.25, 0.3) is 0 Å². The summed E-state index contributed by atoms with van der Waals surface area (Å²) in [6, 6.07) is 16.7. The van der Waals surface area contributed by atoms with Crippen molar-refractivity contribution >= 4 is 12.3 Å². The number of aliphatic imine (C=N–C) groups is 1. The molecule has 0 aromatic heterocycles. The minimum absolute atomic E-state index is 0.0835. The summed E-state index contributed by atoms with van der Waals surface area (Å²) in [7, 11) is 0. The number of allylic oxidation sites excluding steroid dienone is 1. The van der Waals surface area contributed by atoms with Gasteiger partial charge in [-0.2, -0.15) is 0 Å². The molecule has 0 saturated carbocycles. The lowest BCUT2D eigenvalue weighted by Crippen LogP contribution is -2.29. The van der Waals surface area contributed by atoms with Gasteiger partial charge in [0.15, 0.2) is 0 Å². The molecule has 4 nitrogen and oxygen atoms in total. The van der Waals surface area contributed by atoms with Gasteiger partial charge >= 0.3 is 6.09 Å². The van der Waals surface area contributed by atoms with Gasteiger partial charge in [-0.05, 0) is 34.4 Å². The number of benzene rings is 2. The van der Waals surface area contributed by atoms with Crippen LogP contribution < -0.4 is 0 Å². The zero-order chi connectivity index (χ0) is 16.8. The van der Waals surface area contributed by atoms with Crippen molar-refractivity contribution in [3.63, 3.8) is 0 Å². The maximum absolute atomic E-state index is 12.5. The van der Waals surface area contributed by atoms with E-state index in [-0.39, 0.29) is 12.0 Å². The molecule has 0 saturated heterocycles. The number of carbonyl (C=O) groups is 1. The number of amides is 1. The van der Waals surface area contributed by atoms with Crippen LogP contribution in [0.5, 0.6) is 0 Å². The van der Waals surface area contributed by atoms with E-state index in [1.807, 2.05) is 36.4 Å². The predicted molar refractivity (Wildman–Crippen MR) is 96.4 cm³/mol. The van der Waals surface area contributed by atoms with E-state index in [4.69, 9.17) is 4.74 Å². The average Bonchev–Trinajstić information content (AvgIpc) is 3.33. The summed E-state index contributed by atoms with van der Waals surface area (Å²) in [5.74, 6) is 0.0835. The first-order valence-corrected chi connectivity index (χ1v) is 8.40. The zero-order valence-electron chi connectivity index (χ0n) is 13.6. The fourth-order valence-corrected chi connectivity index (χ4v) is 3.85. The van der Waals surface area contributed by atoms with E-state index in [0.29, 0.717) is 13.2 Å². The smallest absolute Gasteiger partial charge is 0.414 e. The fraction of sp³-hybridized carbons (Fsp3) is 0.143. The second kappa shape index (κ2) is 5.45. The second-order valence-corrected chi connectivity index (χ2v) is 6.33. The number of rotatable bonds is 2. The molecule has 4 heteroatoms. The first-order chi connectivity index (χ1) is 12.3. The number of nitrogens with zero attached hydrogens (tertiary/aromatic N) is 2. The Bertz CT molecular complexity index is 926. The Morgan fingerprint density at radius 1 is 1.08 bits per heavy atom. The topological polar surface area (TPSA) is 41.9 Å². The molecular weight excluding hydrogens is 312 g/mol. The summed E-state index contributed by atoms with van der Waals surface area (Å²) in [6.07, 6.45) is 5.19. The van der Waals surface area contributed by atoms with Crippen LogP contribution in [0, 0.1) is 0 Å². The van der Waals surface area contributed by atoms with Gasteiger partial charge in [-0.15, -0.1) is 0 Å². The van der Waals surface area contributed by atoms with Crippen LogP contribution in [-0.2, 0) is 4.74 Å². The van der Waals surface area contributed by atoms with Crippen molar-refractivity contribution in [2.75, 3.05) is 13.2 Å². The molecule has 0 unspecified atom stereocenters.